The summed E-state index contributed by atoms with van der Waals surface area (Å²) in [6.07, 6.45) is 0. The highest BCUT2D eigenvalue weighted by atomic mass is 16.2. The van der Waals surface area contributed by atoms with Crippen molar-refractivity contribution in [2.75, 3.05) is 33.2 Å². The van der Waals surface area contributed by atoms with Gasteiger partial charge in [-0.15, -0.1) is 0 Å². The van der Waals surface area contributed by atoms with Gasteiger partial charge in [0.05, 0.1) is 6.54 Å². The number of nitrogens with one attached hydrogen (secondary N) is 1. The fourth-order valence-electron chi connectivity index (χ4n) is 1.79. The van der Waals surface area contributed by atoms with Crippen molar-refractivity contribution >= 4 is 11.8 Å². The third-order valence-corrected chi connectivity index (χ3v) is 3.19. The molecule has 2 amide bonds. The van der Waals surface area contributed by atoms with Gasteiger partial charge in [-0.1, -0.05) is 0 Å². The van der Waals surface area contributed by atoms with Crippen LogP contribution in [0, 0.1) is 0 Å². The molecule has 1 aliphatic rings. The monoisotopic (exact) mass is 242 g/mol. The maximum Gasteiger partial charge on any atom is 0.236 e. The van der Waals surface area contributed by atoms with E-state index in [4.69, 9.17) is 5.73 Å². The van der Waals surface area contributed by atoms with Gasteiger partial charge in [0, 0.05) is 32.7 Å². The third-order valence-electron chi connectivity index (χ3n) is 3.19. The maximum absolute atomic E-state index is 11.9. The number of rotatable bonds is 4. The molecule has 0 aliphatic carbocycles. The topological polar surface area (TPSA) is 78.7 Å². The minimum absolute atomic E-state index is 0.0214. The summed E-state index contributed by atoms with van der Waals surface area (Å²) in [7, 11) is 1.77. The number of nitrogens with zero attached hydrogens (tertiary/aromatic N) is 2. The van der Waals surface area contributed by atoms with Crippen LogP contribution in [0.15, 0.2) is 0 Å². The van der Waals surface area contributed by atoms with Crippen LogP contribution in [0.2, 0.25) is 0 Å². The number of carbonyl (C=O) groups is 2. The number of primary amides is 1. The summed E-state index contributed by atoms with van der Waals surface area (Å²) in [5.74, 6) is -0.356. The Kier molecular flexibility index (Phi) is 4.89. The van der Waals surface area contributed by atoms with Gasteiger partial charge in [0.2, 0.25) is 11.8 Å². The van der Waals surface area contributed by atoms with Crippen molar-refractivity contribution < 1.29 is 9.59 Å². The van der Waals surface area contributed by atoms with E-state index < -0.39 is 0 Å². The van der Waals surface area contributed by atoms with Crippen LogP contribution in [0.5, 0.6) is 0 Å². The summed E-state index contributed by atoms with van der Waals surface area (Å²) in [6.45, 7) is 6.15. The zero-order chi connectivity index (χ0) is 13.0. The molecule has 1 aliphatic heterocycles. The van der Waals surface area contributed by atoms with E-state index in [1.807, 2.05) is 18.7 Å². The SMILES string of the molecule is CC(C)N(C)C(=O)CN1CCNCC1C(N)=O. The predicted molar refractivity (Wildman–Crippen MR) is 65.3 cm³/mol. The van der Waals surface area contributed by atoms with Gasteiger partial charge in [-0.05, 0) is 13.8 Å². The van der Waals surface area contributed by atoms with Gasteiger partial charge in [0.25, 0.3) is 0 Å². The molecule has 98 valence electrons. The number of hydrogen-bond acceptors (Lipinski definition) is 4. The van der Waals surface area contributed by atoms with E-state index in [9.17, 15) is 9.59 Å². The Balaban J connectivity index is 2.59. The molecule has 6 nitrogen and oxygen atoms in total. The molecule has 0 aromatic carbocycles. The van der Waals surface area contributed by atoms with E-state index in [0.29, 0.717) is 13.1 Å². The first kappa shape index (κ1) is 13.9. The van der Waals surface area contributed by atoms with E-state index in [1.54, 1.807) is 11.9 Å². The Morgan fingerprint density at radius 2 is 2.18 bits per heavy atom. The Labute approximate surface area is 102 Å². The van der Waals surface area contributed by atoms with Crippen LogP contribution in [-0.2, 0) is 9.59 Å². The van der Waals surface area contributed by atoms with E-state index in [2.05, 4.69) is 5.32 Å². The molecule has 1 fully saturated rings. The summed E-state index contributed by atoms with van der Waals surface area (Å²) in [6, 6.07) is -0.217. The highest BCUT2D eigenvalue weighted by molar-refractivity contribution is 5.82. The molecule has 0 radical (unpaired) electrons. The average Bonchev–Trinajstić information content (AvgIpc) is 2.28. The first-order valence-electron chi connectivity index (χ1n) is 5.93. The zero-order valence-electron chi connectivity index (χ0n) is 10.8. The smallest absolute Gasteiger partial charge is 0.236 e. The van der Waals surface area contributed by atoms with E-state index in [0.717, 1.165) is 6.54 Å². The van der Waals surface area contributed by atoms with Crippen LogP contribution in [0.1, 0.15) is 13.8 Å². The first-order valence-corrected chi connectivity index (χ1v) is 5.93. The van der Waals surface area contributed by atoms with E-state index >= 15 is 0 Å². The van der Waals surface area contributed by atoms with Crippen LogP contribution >= 0.6 is 0 Å². The fraction of sp³-hybridized carbons (Fsp3) is 0.818. The number of hydrogen-bond donors (Lipinski definition) is 2. The molecule has 0 bridgehead atoms. The summed E-state index contributed by atoms with van der Waals surface area (Å²) >= 11 is 0. The standard InChI is InChI=1S/C11H22N4O2/c1-8(2)14(3)10(16)7-15-5-4-13-6-9(15)11(12)17/h8-9,13H,4-7H2,1-3H3,(H2,12,17). The lowest BCUT2D eigenvalue weighted by molar-refractivity contribution is -0.134. The molecule has 0 saturated carbocycles. The van der Waals surface area contributed by atoms with Crippen LogP contribution < -0.4 is 11.1 Å². The van der Waals surface area contributed by atoms with Crippen molar-refractivity contribution in [1.82, 2.24) is 15.1 Å². The molecule has 3 N–H and O–H groups in total. The lowest BCUT2D eigenvalue weighted by atomic mass is 10.1. The lowest BCUT2D eigenvalue weighted by Gasteiger charge is -2.35. The molecule has 17 heavy (non-hydrogen) atoms. The third kappa shape index (κ3) is 3.67. The van der Waals surface area contributed by atoms with Crippen molar-refractivity contribution in [2.24, 2.45) is 5.73 Å². The minimum Gasteiger partial charge on any atom is -0.368 e. The zero-order valence-corrected chi connectivity index (χ0v) is 10.8. The van der Waals surface area contributed by atoms with Crippen LogP contribution in [0.4, 0.5) is 0 Å². The van der Waals surface area contributed by atoms with Crippen molar-refractivity contribution in [3.05, 3.63) is 0 Å². The summed E-state index contributed by atoms with van der Waals surface area (Å²) in [5.41, 5.74) is 5.32. The molecule has 1 atom stereocenters. The first-order chi connectivity index (χ1) is 7.93. The minimum atomic E-state index is -0.381. The molecular weight excluding hydrogens is 220 g/mol. The van der Waals surface area contributed by atoms with Gasteiger partial charge in [-0.25, -0.2) is 0 Å². The molecule has 0 aromatic heterocycles. The highest BCUT2D eigenvalue weighted by Gasteiger charge is 2.29. The van der Waals surface area contributed by atoms with E-state index in [1.165, 1.54) is 0 Å². The second-order valence-corrected chi connectivity index (χ2v) is 4.69. The van der Waals surface area contributed by atoms with Crippen molar-refractivity contribution in [3.8, 4) is 0 Å². The second-order valence-electron chi connectivity index (χ2n) is 4.69. The van der Waals surface area contributed by atoms with Crippen molar-refractivity contribution in [1.29, 1.82) is 0 Å². The van der Waals surface area contributed by atoms with Crippen molar-refractivity contribution in [3.63, 3.8) is 0 Å². The summed E-state index contributed by atoms with van der Waals surface area (Å²) < 4.78 is 0. The normalized spacial score (nSPS) is 21.5. The quantitative estimate of drug-likeness (QED) is 0.636. The fourth-order valence-corrected chi connectivity index (χ4v) is 1.79. The number of piperazine rings is 1. The van der Waals surface area contributed by atoms with Crippen LogP contribution in [0.25, 0.3) is 0 Å². The predicted octanol–water partition coefficient (Wildman–Crippen LogP) is -1.39. The van der Waals surface area contributed by atoms with Gasteiger partial charge >= 0.3 is 0 Å². The van der Waals surface area contributed by atoms with Gasteiger partial charge in [0.15, 0.2) is 0 Å². The van der Waals surface area contributed by atoms with Gasteiger partial charge < -0.3 is 16.0 Å². The van der Waals surface area contributed by atoms with Crippen LogP contribution in [-0.4, -0.2) is 66.9 Å². The van der Waals surface area contributed by atoms with Gasteiger partial charge in [0.1, 0.15) is 6.04 Å². The molecule has 1 unspecified atom stereocenters. The Morgan fingerprint density at radius 3 is 2.71 bits per heavy atom. The summed E-state index contributed by atoms with van der Waals surface area (Å²) in [5, 5.41) is 3.10. The lowest BCUT2D eigenvalue weighted by Crippen LogP contribution is -2.59. The number of nitrogens with two attached hydrogens (primary N) is 1. The maximum atomic E-state index is 11.9. The second kappa shape index (κ2) is 5.97. The molecule has 6 heteroatoms. The molecule has 1 heterocycles. The average molecular weight is 242 g/mol. The highest BCUT2D eigenvalue weighted by Crippen LogP contribution is 2.04. The number of likely N-dealkylation sites (N-methyl/N-ethyl adjacent to an activating group) is 1. The molecule has 0 spiro atoms. The Bertz CT molecular complexity index is 293. The Morgan fingerprint density at radius 1 is 1.53 bits per heavy atom. The van der Waals surface area contributed by atoms with Gasteiger partial charge in [-0.3, -0.25) is 14.5 Å². The van der Waals surface area contributed by atoms with E-state index in [-0.39, 0.29) is 30.4 Å². The Hall–Kier alpha value is -1.14. The summed E-state index contributed by atoms with van der Waals surface area (Å²) in [4.78, 5) is 26.7. The number of carbonyl (C=O) groups excluding carboxylic acids is 2. The number of amides is 2. The molecular formula is C11H22N4O2. The molecule has 1 rings (SSSR count). The van der Waals surface area contributed by atoms with Crippen LogP contribution in [0.3, 0.4) is 0 Å². The largest absolute Gasteiger partial charge is 0.368 e. The molecule has 1 saturated heterocycles. The van der Waals surface area contributed by atoms with Gasteiger partial charge in [-0.2, -0.15) is 0 Å². The van der Waals surface area contributed by atoms with Crippen molar-refractivity contribution in [2.45, 2.75) is 25.9 Å². The molecule has 0 aromatic rings.